The van der Waals surface area contributed by atoms with E-state index in [1.165, 1.54) is 12.8 Å². The number of hydrogen-bond donors (Lipinski definition) is 1. The Morgan fingerprint density at radius 3 is 2.67 bits per heavy atom. The van der Waals surface area contributed by atoms with Crippen LogP contribution in [0, 0.1) is 0 Å². The van der Waals surface area contributed by atoms with Gasteiger partial charge in [0.2, 0.25) is 5.79 Å². The van der Waals surface area contributed by atoms with Crippen LogP contribution in [0.4, 0.5) is 5.69 Å². The first-order valence-electron chi connectivity index (χ1n) is 5.41. The third-order valence-corrected chi connectivity index (χ3v) is 2.60. The highest BCUT2D eigenvalue weighted by atomic mass is 16.7. The van der Waals surface area contributed by atoms with Crippen molar-refractivity contribution < 1.29 is 9.47 Å². The Morgan fingerprint density at radius 1 is 1.20 bits per heavy atom. The van der Waals surface area contributed by atoms with Crippen molar-refractivity contribution in [1.82, 2.24) is 0 Å². The highest BCUT2D eigenvalue weighted by Crippen LogP contribution is 2.41. The molecule has 1 saturated carbocycles. The molecule has 2 aliphatic rings. The van der Waals surface area contributed by atoms with E-state index in [9.17, 15) is 0 Å². The van der Waals surface area contributed by atoms with Crippen LogP contribution < -0.4 is 14.8 Å². The highest BCUT2D eigenvalue weighted by Gasteiger charge is 2.32. The first-order chi connectivity index (χ1) is 7.12. The van der Waals surface area contributed by atoms with Crippen molar-refractivity contribution in [3.8, 4) is 11.5 Å². The van der Waals surface area contributed by atoms with E-state index in [1.807, 2.05) is 32.0 Å². The van der Waals surface area contributed by atoms with Crippen LogP contribution in [-0.2, 0) is 0 Å². The molecular formula is C12H15NO2. The Kier molecular flexibility index (Phi) is 1.67. The van der Waals surface area contributed by atoms with Gasteiger partial charge in [-0.3, -0.25) is 0 Å². The van der Waals surface area contributed by atoms with Crippen LogP contribution in [0.2, 0.25) is 0 Å². The number of anilines is 1. The van der Waals surface area contributed by atoms with Gasteiger partial charge in [0.05, 0.1) is 0 Å². The minimum absolute atomic E-state index is 0.527. The van der Waals surface area contributed by atoms with Gasteiger partial charge in [0.15, 0.2) is 11.5 Å². The molecule has 0 bridgehead atoms. The predicted molar refractivity (Wildman–Crippen MR) is 58.4 cm³/mol. The van der Waals surface area contributed by atoms with Gasteiger partial charge in [-0.2, -0.15) is 0 Å². The zero-order valence-corrected chi connectivity index (χ0v) is 9.04. The van der Waals surface area contributed by atoms with Crippen LogP contribution in [0.15, 0.2) is 18.2 Å². The van der Waals surface area contributed by atoms with Crippen molar-refractivity contribution in [2.45, 2.75) is 38.5 Å². The molecule has 1 aliphatic carbocycles. The normalized spacial score (nSPS) is 21.5. The Labute approximate surface area is 89.4 Å². The zero-order valence-electron chi connectivity index (χ0n) is 9.04. The molecule has 3 rings (SSSR count). The lowest BCUT2D eigenvalue weighted by molar-refractivity contribution is -0.0431. The van der Waals surface area contributed by atoms with Gasteiger partial charge in [0.1, 0.15) is 0 Å². The first-order valence-corrected chi connectivity index (χ1v) is 5.41. The van der Waals surface area contributed by atoms with Crippen LogP contribution in [-0.4, -0.2) is 11.8 Å². The summed E-state index contributed by atoms with van der Waals surface area (Å²) in [5.41, 5.74) is 1.12. The smallest absolute Gasteiger partial charge is 0.246 e. The number of benzene rings is 1. The predicted octanol–water partition coefficient (Wildman–Crippen LogP) is 2.77. The Hall–Kier alpha value is -1.38. The molecule has 0 amide bonds. The molecule has 1 heterocycles. The average molecular weight is 205 g/mol. The van der Waals surface area contributed by atoms with E-state index in [-0.39, 0.29) is 0 Å². The summed E-state index contributed by atoms with van der Waals surface area (Å²) in [4.78, 5) is 0. The van der Waals surface area contributed by atoms with E-state index in [1.54, 1.807) is 0 Å². The van der Waals surface area contributed by atoms with E-state index >= 15 is 0 Å². The molecule has 0 spiro atoms. The Balaban J connectivity index is 1.85. The van der Waals surface area contributed by atoms with E-state index in [4.69, 9.17) is 9.47 Å². The minimum atomic E-state index is -0.527. The topological polar surface area (TPSA) is 30.5 Å². The van der Waals surface area contributed by atoms with Crippen LogP contribution >= 0.6 is 0 Å². The molecule has 3 nitrogen and oxygen atoms in total. The van der Waals surface area contributed by atoms with Gasteiger partial charge >= 0.3 is 0 Å². The summed E-state index contributed by atoms with van der Waals surface area (Å²) in [5.74, 6) is 1.15. The molecule has 0 unspecified atom stereocenters. The number of nitrogens with one attached hydrogen (secondary N) is 1. The molecule has 15 heavy (non-hydrogen) atoms. The van der Waals surface area contributed by atoms with Crippen LogP contribution in [0.3, 0.4) is 0 Å². The van der Waals surface area contributed by atoms with E-state index < -0.39 is 5.79 Å². The molecule has 0 aromatic heterocycles. The first kappa shape index (κ1) is 8.89. The summed E-state index contributed by atoms with van der Waals surface area (Å²) in [6.45, 7) is 3.84. The van der Waals surface area contributed by atoms with Crippen molar-refractivity contribution >= 4 is 5.69 Å². The highest BCUT2D eigenvalue weighted by molar-refractivity contribution is 5.57. The number of fused-ring (bicyclic) bond motifs is 1. The summed E-state index contributed by atoms with van der Waals surface area (Å²) in [6, 6.07) is 6.69. The van der Waals surface area contributed by atoms with Crippen molar-refractivity contribution in [3.63, 3.8) is 0 Å². The fourth-order valence-corrected chi connectivity index (χ4v) is 1.78. The summed E-state index contributed by atoms with van der Waals surface area (Å²) in [6.07, 6.45) is 2.56. The molecule has 1 N–H and O–H groups in total. The number of hydrogen-bond acceptors (Lipinski definition) is 3. The molecule has 80 valence electrons. The third-order valence-electron chi connectivity index (χ3n) is 2.60. The monoisotopic (exact) mass is 205 g/mol. The van der Waals surface area contributed by atoms with Crippen molar-refractivity contribution in [2.24, 2.45) is 0 Å². The van der Waals surface area contributed by atoms with Crippen molar-refractivity contribution in [3.05, 3.63) is 18.2 Å². The van der Waals surface area contributed by atoms with Crippen LogP contribution in [0.25, 0.3) is 0 Å². The fourth-order valence-electron chi connectivity index (χ4n) is 1.78. The van der Waals surface area contributed by atoms with Crippen molar-refractivity contribution in [1.29, 1.82) is 0 Å². The van der Waals surface area contributed by atoms with Crippen molar-refractivity contribution in [2.75, 3.05) is 5.32 Å². The molecule has 0 atom stereocenters. The van der Waals surface area contributed by atoms with Gasteiger partial charge in [-0.15, -0.1) is 0 Å². The molecule has 0 radical (unpaired) electrons. The summed E-state index contributed by atoms with van der Waals surface area (Å²) in [7, 11) is 0. The van der Waals surface area contributed by atoms with Gasteiger partial charge in [-0.1, -0.05) is 0 Å². The van der Waals surface area contributed by atoms with Gasteiger partial charge in [-0.25, -0.2) is 0 Å². The Morgan fingerprint density at radius 2 is 1.93 bits per heavy atom. The number of ether oxygens (including phenoxy) is 2. The number of rotatable bonds is 2. The molecule has 1 aliphatic heterocycles. The zero-order chi connectivity index (χ0) is 10.5. The second kappa shape index (κ2) is 2.81. The maximum atomic E-state index is 5.67. The third kappa shape index (κ3) is 1.74. The minimum Gasteiger partial charge on any atom is -0.449 e. The van der Waals surface area contributed by atoms with E-state index in [0.29, 0.717) is 6.04 Å². The lowest BCUT2D eigenvalue weighted by atomic mass is 10.3. The van der Waals surface area contributed by atoms with Crippen LogP contribution in [0.5, 0.6) is 11.5 Å². The van der Waals surface area contributed by atoms with Gasteiger partial charge in [0, 0.05) is 31.6 Å². The largest absolute Gasteiger partial charge is 0.449 e. The summed E-state index contributed by atoms with van der Waals surface area (Å²) in [5, 5.41) is 3.44. The maximum absolute atomic E-state index is 5.67. The van der Waals surface area contributed by atoms with Gasteiger partial charge < -0.3 is 14.8 Å². The van der Waals surface area contributed by atoms with E-state index in [2.05, 4.69) is 5.32 Å². The summed E-state index contributed by atoms with van der Waals surface area (Å²) < 4.78 is 11.3. The van der Waals surface area contributed by atoms with Gasteiger partial charge in [-0.05, 0) is 25.0 Å². The van der Waals surface area contributed by atoms with Gasteiger partial charge in [0.25, 0.3) is 0 Å². The fraction of sp³-hybridized carbons (Fsp3) is 0.500. The summed E-state index contributed by atoms with van der Waals surface area (Å²) >= 11 is 0. The molecular weight excluding hydrogens is 190 g/mol. The quantitative estimate of drug-likeness (QED) is 0.805. The average Bonchev–Trinajstić information content (AvgIpc) is 2.87. The molecule has 3 heteroatoms. The van der Waals surface area contributed by atoms with Crippen LogP contribution in [0.1, 0.15) is 26.7 Å². The lowest BCUT2D eigenvalue weighted by Crippen LogP contribution is -2.29. The Bertz CT molecular complexity index is 397. The lowest BCUT2D eigenvalue weighted by Gasteiger charge is -2.16. The van der Waals surface area contributed by atoms with E-state index in [0.717, 1.165) is 17.2 Å². The molecule has 0 saturated heterocycles. The molecule has 1 aromatic rings. The molecule has 1 fully saturated rings. The standard InChI is InChI=1S/C12H15NO2/c1-12(2)14-10-6-5-9(7-11(10)15-12)13-8-3-4-8/h5-8,13H,3-4H2,1-2H3. The molecule has 1 aromatic carbocycles. The second-order valence-corrected chi connectivity index (χ2v) is 4.68. The second-order valence-electron chi connectivity index (χ2n) is 4.68. The maximum Gasteiger partial charge on any atom is 0.246 e. The SMILES string of the molecule is CC1(C)Oc2ccc(NC3CC3)cc2O1.